The summed E-state index contributed by atoms with van der Waals surface area (Å²) >= 11 is 0. The summed E-state index contributed by atoms with van der Waals surface area (Å²) in [6.07, 6.45) is 1.44. The lowest BCUT2D eigenvalue weighted by Crippen LogP contribution is -2.26. The molecular weight excluding hydrogens is 414 g/mol. The molecule has 0 aliphatic carbocycles. The molecule has 4 rings (SSSR count). The molecule has 1 amide bonds. The quantitative estimate of drug-likeness (QED) is 0.397. The van der Waals surface area contributed by atoms with Crippen molar-refractivity contribution in [3.8, 4) is 28.6 Å². The number of methoxy groups -OCH3 is 1. The van der Waals surface area contributed by atoms with Crippen LogP contribution in [0.4, 0.5) is 0 Å². The number of carbonyl (C=O) groups excluding carboxylic acids is 1. The van der Waals surface area contributed by atoms with Gasteiger partial charge in [0.25, 0.3) is 5.91 Å². The Balaban J connectivity index is 1.49. The molecule has 33 heavy (non-hydrogen) atoms. The third-order valence-electron chi connectivity index (χ3n) is 5.27. The van der Waals surface area contributed by atoms with E-state index in [1.54, 1.807) is 31.4 Å². The van der Waals surface area contributed by atoms with Crippen molar-refractivity contribution in [2.75, 3.05) is 7.11 Å². The van der Waals surface area contributed by atoms with Crippen molar-refractivity contribution in [1.29, 1.82) is 0 Å². The van der Waals surface area contributed by atoms with Gasteiger partial charge in [0.05, 0.1) is 18.8 Å². The van der Waals surface area contributed by atoms with Gasteiger partial charge in [-0.05, 0) is 55.8 Å². The third-order valence-corrected chi connectivity index (χ3v) is 5.27. The van der Waals surface area contributed by atoms with Gasteiger partial charge in [0, 0.05) is 17.2 Å². The Hall–Kier alpha value is -4.19. The summed E-state index contributed by atoms with van der Waals surface area (Å²) in [5.41, 5.74) is 4.26. The van der Waals surface area contributed by atoms with Crippen LogP contribution in [0.5, 0.6) is 17.4 Å². The summed E-state index contributed by atoms with van der Waals surface area (Å²) in [6.45, 7) is 4.01. The van der Waals surface area contributed by atoms with Crippen LogP contribution in [0.15, 0.2) is 85.2 Å². The lowest BCUT2D eigenvalue weighted by atomic mass is 10.0. The van der Waals surface area contributed by atoms with E-state index in [2.05, 4.69) is 15.3 Å². The summed E-state index contributed by atoms with van der Waals surface area (Å²) in [6, 6.07) is 24.4. The minimum absolute atomic E-state index is 0.106. The number of aromatic nitrogens is 2. The maximum absolute atomic E-state index is 12.9. The molecule has 6 heteroatoms. The number of hydrogen-bond donors (Lipinski definition) is 1. The molecule has 3 aromatic carbocycles. The van der Waals surface area contributed by atoms with Gasteiger partial charge in [0.2, 0.25) is 5.88 Å². The highest BCUT2D eigenvalue weighted by Crippen LogP contribution is 2.26. The molecule has 1 N–H and O–H groups in total. The van der Waals surface area contributed by atoms with Gasteiger partial charge in [0.15, 0.2) is 0 Å². The second-order valence-corrected chi connectivity index (χ2v) is 7.71. The van der Waals surface area contributed by atoms with E-state index < -0.39 is 0 Å². The standard InChI is InChI=1S/C27H25N3O3/c1-18-7-9-20(10-8-18)19(2)30-27(31)22-6-4-5-21(15-22)25-16-26(29-17-28-25)33-24-13-11-23(32-3)12-14-24/h4-17,19H,1-3H3,(H,30,31)/t19-/m1/s1. The van der Waals surface area contributed by atoms with E-state index in [4.69, 9.17) is 9.47 Å². The van der Waals surface area contributed by atoms with Gasteiger partial charge in [-0.2, -0.15) is 0 Å². The van der Waals surface area contributed by atoms with Crippen LogP contribution in [0.1, 0.15) is 34.5 Å². The molecular formula is C27H25N3O3. The number of ether oxygens (including phenoxy) is 2. The molecule has 0 fully saturated rings. The van der Waals surface area contributed by atoms with Gasteiger partial charge in [-0.3, -0.25) is 4.79 Å². The molecule has 0 aliphatic heterocycles. The summed E-state index contributed by atoms with van der Waals surface area (Å²) in [5.74, 6) is 1.65. The van der Waals surface area contributed by atoms with Gasteiger partial charge in [-0.1, -0.05) is 42.0 Å². The first kappa shape index (κ1) is 22.0. The van der Waals surface area contributed by atoms with Crippen LogP contribution in [0, 0.1) is 6.92 Å². The van der Waals surface area contributed by atoms with E-state index in [1.165, 1.54) is 11.9 Å². The molecule has 6 nitrogen and oxygen atoms in total. The number of carbonyl (C=O) groups is 1. The Labute approximate surface area is 193 Å². The average Bonchev–Trinajstić information content (AvgIpc) is 2.85. The van der Waals surface area contributed by atoms with E-state index >= 15 is 0 Å². The minimum atomic E-state index is -0.145. The van der Waals surface area contributed by atoms with Gasteiger partial charge >= 0.3 is 0 Å². The van der Waals surface area contributed by atoms with Crippen molar-refractivity contribution in [2.24, 2.45) is 0 Å². The number of benzene rings is 3. The fourth-order valence-electron chi connectivity index (χ4n) is 3.36. The maximum Gasteiger partial charge on any atom is 0.251 e. The Morgan fingerprint density at radius 3 is 2.36 bits per heavy atom. The molecule has 0 saturated heterocycles. The Bertz CT molecular complexity index is 1240. The lowest BCUT2D eigenvalue weighted by Gasteiger charge is -2.15. The van der Waals surface area contributed by atoms with Crippen molar-refractivity contribution in [3.05, 3.63) is 102 Å². The molecule has 166 valence electrons. The SMILES string of the molecule is COc1ccc(Oc2cc(-c3cccc(C(=O)N[C@H](C)c4ccc(C)cc4)c3)ncn2)cc1. The Morgan fingerprint density at radius 1 is 0.909 bits per heavy atom. The third kappa shape index (κ3) is 5.54. The fraction of sp³-hybridized carbons (Fsp3) is 0.148. The number of nitrogens with zero attached hydrogens (tertiary/aromatic N) is 2. The molecule has 4 aromatic rings. The van der Waals surface area contributed by atoms with E-state index in [0.29, 0.717) is 22.9 Å². The molecule has 0 spiro atoms. The number of nitrogens with one attached hydrogen (secondary N) is 1. The second kappa shape index (κ2) is 9.96. The molecule has 0 bridgehead atoms. The van der Waals surface area contributed by atoms with Crippen molar-refractivity contribution in [1.82, 2.24) is 15.3 Å². The van der Waals surface area contributed by atoms with Gasteiger partial charge in [-0.25, -0.2) is 9.97 Å². The smallest absolute Gasteiger partial charge is 0.251 e. The van der Waals surface area contributed by atoms with E-state index in [0.717, 1.165) is 16.9 Å². The lowest BCUT2D eigenvalue weighted by molar-refractivity contribution is 0.0940. The van der Waals surface area contributed by atoms with Crippen LogP contribution < -0.4 is 14.8 Å². The molecule has 0 radical (unpaired) electrons. The van der Waals surface area contributed by atoms with Crippen LogP contribution in [-0.2, 0) is 0 Å². The summed E-state index contributed by atoms with van der Waals surface area (Å²) in [4.78, 5) is 21.4. The van der Waals surface area contributed by atoms with E-state index in [9.17, 15) is 4.79 Å². The normalized spacial score (nSPS) is 11.5. The van der Waals surface area contributed by atoms with Gasteiger partial charge in [-0.15, -0.1) is 0 Å². The summed E-state index contributed by atoms with van der Waals surface area (Å²) in [7, 11) is 1.62. The first-order valence-electron chi connectivity index (χ1n) is 10.6. The summed E-state index contributed by atoms with van der Waals surface area (Å²) < 4.78 is 11.0. The highest BCUT2D eigenvalue weighted by molar-refractivity contribution is 5.95. The number of hydrogen-bond acceptors (Lipinski definition) is 5. The average molecular weight is 440 g/mol. The van der Waals surface area contributed by atoms with Crippen molar-refractivity contribution in [3.63, 3.8) is 0 Å². The van der Waals surface area contributed by atoms with Crippen LogP contribution in [0.25, 0.3) is 11.3 Å². The van der Waals surface area contributed by atoms with Crippen LogP contribution >= 0.6 is 0 Å². The fourth-order valence-corrected chi connectivity index (χ4v) is 3.36. The maximum atomic E-state index is 12.9. The van der Waals surface area contributed by atoms with Crippen molar-refractivity contribution < 1.29 is 14.3 Å². The predicted octanol–water partition coefficient (Wildman–Crippen LogP) is 5.74. The van der Waals surface area contributed by atoms with Crippen molar-refractivity contribution in [2.45, 2.75) is 19.9 Å². The zero-order chi connectivity index (χ0) is 23.2. The Kier molecular flexibility index (Phi) is 6.64. The molecule has 0 saturated carbocycles. The van der Waals surface area contributed by atoms with Crippen LogP contribution in [0.2, 0.25) is 0 Å². The van der Waals surface area contributed by atoms with E-state index in [-0.39, 0.29) is 11.9 Å². The second-order valence-electron chi connectivity index (χ2n) is 7.71. The van der Waals surface area contributed by atoms with Crippen molar-refractivity contribution >= 4 is 5.91 Å². The summed E-state index contributed by atoms with van der Waals surface area (Å²) in [5, 5.41) is 3.06. The van der Waals surface area contributed by atoms with Gasteiger partial charge < -0.3 is 14.8 Å². The predicted molar refractivity (Wildman–Crippen MR) is 128 cm³/mol. The molecule has 0 unspecified atom stereocenters. The molecule has 1 heterocycles. The number of rotatable bonds is 7. The highest BCUT2D eigenvalue weighted by atomic mass is 16.5. The zero-order valence-electron chi connectivity index (χ0n) is 18.8. The number of amides is 1. The monoisotopic (exact) mass is 439 g/mol. The van der Waals surface area contributed by atoms with Crippen LogP contribution in [0.3, 0.4) is 0 Å². The van der Waals surface area contributed by atoms with Gasteiger partial charge in [0.1, 0.15) is 17.8 Å². The number of aryl methyl sites for hydroxylation is 1. The first-order chi connectivity index (χ1) is 16.0. The van der Waals surface area contributed by atoms with E-state index in [1.807, 2.05) is 68.4 Å². The topological polar surface area (TPSA) is 73.3 Å². The molecule has 0 aliphatic rings. The molecule has 1 atom stereocenters. The highest BCUT2D eigenvalue weighted by Gasteiger charge is 2.13. The largest absolute Gasteiger partial charge is 0.497 e. The zero-order valence-corrected chi connectivity index (χ0v) is 18.8. The molecule has 1 aromatic heterocycles. The first-order valence-corrected chi connectivity index (χ1v) is 10.6. The van der Waals surface area contributed by atoms with Crippen LogP contribution in [-0.4, -0.2) is 23.0 Å². The Morgan fingerprint density at radius 2 is 1.64 bits per heavy atom. The minimum Gasteiger partial charge on any atom is -0.497 e.